The van der Waals surface area contributed by atoms with Crippen molar-refractivity contribution in [1.82, 2.24) is 10.2 Å². The van der Waals surface area contributed by atoms with Crippen LogP contribution in [0, 0.1) is 6.92 Å². The standard InChI is InChI=1S/C18H25N3O2S/c1-12-9-14(18(23)21-8-4-3-5-13(21)2)6-7-15(12)20-17(22)16-10-24-11-19-16/h6-7,9,13,16,19H,3-5,8,10-11H2,1-2H3,(H,20,22). The van der Waals surface area contributed by atoms with Crippen molar-refractivity contribution < 1.29 is 9.59 Å². The summed E-state index contributed by atoms with van der Waals surface area (Å²) >= 11 is 1.73. The van der Waals surface area contributed by atoms with E-state index in [1.54, 1.807) is 11.8 Å². The summed E-state index contributed by atoms with van der Waals surface area (Å²) in [4.78, 5) is 26.9. The molecule has 1 aromatic carbocycles. The highest BCUT2D eigenvalue weighted by Crippen LogP contribution is 2.23. The molecular formula is C18H25N3O2S. The topological polar surface area (TPSA) is 61.4 Å². The summed E-state index contributed by atoms with van der Waals surface area (Å²) in [6.45, 7) is 4.89. The number of aryl methyl sites for hydroxylation is 1. The highest BCUT2D eigenvalue weighted by molar-refractivity contribution is 7.99. The van der Waals surface area contributed by atoms with Gasteiger partial charge in [-0.25, -0.2) is 0 Å². The average molecular weight is 347 g/mol. The Bertz CT molecular complexity index is 629. The van der Waals surface area contributed by atoms with Gasteiger partial charge in [0.05, 0.1) is 6.04 Å². The number of thioether (sulfide) groups is 1. The molecule has 24 heavy (non-hydrogen) atoms. The molecule has 1 aromatic rings. The van der Waals surface area contributed by atoms with Crippen LogP contribution in [0.25, 0.3) is 0 Å². The molecular weight excluding hydrogens is 322 g/mol. The number of rotatable bonds is 3. The summed E-state index contributed by atoms with van der Waals surface area (Å²) in [7, 11) is 0. The highest BCUT2D eigenvalue weighted by Gasteiger charge is 2.25. The lowest BCUT2D eigenvalue weighted by Crippen LogP contribution is -2.42. The van der Waals surface area contributed by atoms with E-state index >= 15 is 0 Å². The molecule has 0 spiro atoms. The second-order valence-electron chi connectivity index (χ2n) is 6.63. The van der Waals surface area contributed by atoms with Gasteiger partial charge in [0.25, 0.3) is 5.91 Å². The second kappa shape index (κ2) is 7.57. The minimum absolute atomic E-state index is 0.00757. The molecule has 0 bridgehead atoms. The summed E-state index contributed by atoms with van der Waals surface area (Å²) in [5, 5.41) is 6.13. The Balaban J connectivity index is 1.69. The number of amides is 2. The van der Waals surface area contributed by atoms with Crippen molar-refractivity contribution >= 4 is 29.3 Å². The van der Waals surface area contributed by atoms with Gasteiger partial charge < -0.3 is 10.2 Å². The highest BCUT2D eigenvalue weighted by atomic mass is 32.2. The third kappa shape index (κ3) is 3.75. The van der Waals surface area contributed by atoms with Gasteiger partial charge in [-0.15, -0.1) is 11.8 Å². The normalized spacial score (nSPS) is 24.0. The molecule has 2 aliphatic heterocycles. The average Bonchev–Trinajstić information content (AvgIpc) is 3.11. The van der Waals surface area contributed by atoms with E-state index in [0.29, 0.717) is 11.6 Å². The minimum Gasteiger partial charge on any atom is -0.336 e. The maximum atomic E-state index is 12.7. The van der Waals surface area contributed by atoms with Gasteiger partial charge in [-0.1, -0.05) is 0 Å². The first-order valence-corrected chi connectivity index (χ1v) is 9.75. The number of nitrogens with zero attached hydrogens (tertiary/aromatic N) is 1. The van der Waals surface area contributed by atoms with Gasteiger partial charge in [-0.2, -0.15) is 0 Å². The molecule has 3 rings (SSSR count). The lowest BCUT2D eigenvalue weighted by Gasteiger charge is -2.33. The van der Waals surface area contributed by atoms with Gasteiger partial charge in [0, 0.05) is 35.5 Å². The molecule has 2 amide bonds. The van der Waals surface area contributed by atoms with Crippen LogP contribution in [0.1, 0.15) is 42.1 Å². The Kier molecular flexibility index (Phi) is 5.46. The molecule has 0 saturated carbocycles. The van der Waals surface area contributed by atoms with E-state index in [9.17, 15) is 9.59 Å². The summed E-state index contributed by atoms with van der Waals surface area (Å²) in [6, 6.07) is 5.72. The molecule has 130 valence electrons. The van der Waals surface area contributed by atoms with E-state index < -0.39 is 0 Å². The number of likely N-dealkylation sites (tertiary alicyclic amines) is 1. The van der Waals surface area contributed by atoms with Crippen LogP contribution >= 0.6 is 11.8 Å². The number of carbonyl (C=O) groups excluding carboxylic acids is 2. The fraction of sp³-hybridized carbons (Fsp3) is 0.556. The molecule has 2 heterocycles. The Morgan fingerprint density at radius 2 is 2.17 bits per heavy atom. The second-order valence-corrected chi connectivity index (χ2v) is 7.66. The van der Waals surface area contributed by atoms with Crippen LogP contribution < -0.4 is 10.6 Å². The zero-order valence-corrected chi connectivity index (χ0v) is 15.1. The zero-order chi connectivity index (χ0) is 17.1. The van der Waals surface area contributed by atoms with Crippen molar-refractivity contribution in [3.05, 3.63) is 29.3 Å². The van der Waals surface area contributed by atoms with Crippen molar-refractivity contribution in [1.29, 1.82) is 0 Å². The van der Waals surface area contributed by atoms with Crippen molar-refractivity contribution in [2.45, 2.75) is 45.2 Å². The predicted molar refractivity (Wildman–Crippen MR) is 98.4 cm³/mol. The van der Waals surface area contributed by atoms with Crippen molar-refractivity contribution in [3.8, 4) is 0 Å². The van der Waals surface area contributed by atoms with Gasteiger partial charge >= 0.3 is 0 Å². The van der Waals surface area contributed by atoms with Gasteiger partial charge in [-0.05, 0) is 56.9 Å². The van der Waals surface area contributed by atoms with E-state index in [1.165, 1.54) is 6.42 Å². The van der Waals surface area contributed by atoms with Crippen molar-refractivity contribution in [3.63, 3.8) is 0 Å². The van der Waals surface area contributed by atoms with Crippen LogP contribution in [-0.4, -0.2) is 47.0 Å². The monoisotopic (exact) mass is 347 g/mol. The lowest BCUT2D eigenvalue weighted by atomic mass is 10.0. The number of anilines is 1. The largest absolute Gasteiger partial charge is 0.336 e. The van der Waals surface area contributed by atoms with Crippen molar-refractivity contribution in [2.75, 3.05) is 23.5 Å². The summed E-state index contributed by atoms with van der Waals surface area (Å²) in [6.07, 6.45) is 3.35. The Hall–Kier alpha value is -1.53. The Labute approximate surface area is 147 Å². The van der Waals surface area contributed by atoms with E-state index in [0.717, 1.165) is 42.3 Å². The maximum Gasteiger partial charge on any atom is 0.254 e. The molecule has 2 fully saturated rings. The smallest absolute Gasteiger partial charge is 0.254 e. The fourth-order valence-electron chi connectivity index (χ4n) is 3.29. The van der Waals surface area contributed by atoms with Gasteiger partial charge in [0.2, 0.25) is 5.91 Å². The van der Waals surface area contributed by atoms with Crippen LogP contribution in [0.2, 0.25) is 0 Å². The number of hydrogen-bond acceptors (Lipinski definition) is 4. The molecule has 2 unspecified atom stereocenters. The Morgan fingerprint density at radius 1 is 1.33 bits per heavy atom. The quantitative estimate of drug-likeness (QED) is 0.882. The van der Waals surface area contributed by atoms with Gasteiger partial charge in [-0.3, -0.25) is 14.9 Å². The third-order valence-corrected chi connectivity index (χ3v) is 5.77. The van der Waals surface area contributed by atoms with E-state index in [-0.39, 0.29) is 17.9 Å². The van der Waals surface area contributed by atoms with Crippen LogP contribution in [0.15, 0.2) is 18.2 Å². The molecule has 2 saturated heterocycles. The van der Waals surface area contributed by atoms with E-state index in [2.05, 4.69) is 17.6 Å². The first-order valence-electron chi connectivity index (χ1n) is 8.60. The Morgan fingerprint density at radius 3 is 2.83 bits per heavy atom. The maximum absolute atomic E-state index is 12.7. The van der Waals surface area contributed by atoms with Crippen LogP contribution in [0.3, 0.4) is 0 Å². The molecule has 6 heteroatoms. The van der Waals surface area contributed by atoms with Crippen molar-refractivity contribution in [2.24, 2.45) is 0 Å². The van der Waals surface area contributed by atoms with Gasteiger partial charge in [0.1, 0.15) is 0 Å². The number of nitrogens with one attached hydrogen (secondary N) is 2. The molecule has 2 N–H and O–H groups in total. The first kappa shape index (κ1) is 17.3. The van der Waals surface area contributed by atoms with E-state index in [4.69, 9.17) is 0 Å². The SMILES string of the molecule is Cc1cc(C(=O)N2CCCCC2C)ccc1NC(=O)C1CSCN1. The fourth-order valence-corrected chi connectivity index (χ4v) is 4.23. The number of carbonyl (C=O) groups is 2. The summed E-state index contributed by atoms with van der Waals surface area (Å²) in [5.41, 5.74) is 2.40. The predicted octanol–water partition coefficient (Wildman–Crippen LogP) is 2.61. The zero-order valence-electron chi connectivity index (χ0n) is 14.3. The van der Waals surface area contributed by atoms with Gasteiger partial charge in [0.15, 0.2) is 0 Å². The number of hydrogen-bond donors (Lipinski definition) is 2. The van der Waals surface area contributed by atoms with Crippen LogP contribution in [0.5, 0.6) is 0 Å². The summed E-state index contributed by atoms with van der Waals surface area (Å²) in [5.74, 6) is 1.70. The summed E-state index contributed by atoms with van der Waals surface area (Å²) < 4.78 is 0. The van der Waals surface area contributed by atoms with Crippen LogP contribution in [-0.2, 0) is 4.79 Å². The molecule has 5 nitrogen and oxygen atoms in total. The van der Waals surface area contributed by atoms with E-state index in [1.807, 2.05) is 30.0 Å². The third-order valence-electron chi connectivity index (χ3n) is 4.83. The molecule has 0 radical (unpaired) electrons. The lowest BCUT2D eigenvalue weighted by molar-refractivity contribution is -0.117. The minimum atomic E-state index is -0.134. The number of piperidine rings is 1. The van der Waals surface area contributed by atoms with Crippen LogP contribution in [0.4, 0.5) is 5.69 Å². The molecule has 2 atom stereocenters. The first-order chi connectivity index (χ1) is 11.6. The molecule has 0 aliphatic carbocycles. The number of benzene rings is 1. The molecule has 0 aromatic heterocycles. The molecule has 2 aliphatic rings.